The van der Waals surface area contributed by atoms with Crippen LogP contribution in [0.1, 0.15) is 31.5 Å². The van der Waals surface area contributed by atoms with E-state index in [4.69, 9.17) is 16.3 Å². The number of ether oxygens (including phenoxy) is 1. The Balaban J connectivity index is 1.59. The molecule has 1 aromatic carbocycles. The average molecular weight is 407 g/mol. The molecule has 6 nitrogen and oxygen atoms in total. The Morgan fingerprint density at radius 1 is 1.37 bits per heavy atom. The number of allylic oxidation sites excluding steroid dienone is 1. The number of amides is 1. The van der Waals surface area contributed by atoms with Crippen molar-refractivity contribution in [2.45, 2.75) is 50.0 Å². The predicted molar refractivity (Wildman–Crippen MR) is 107 cm³/mol. The van der Waals surface area contributed by atoms with E-state index in [2.05, 4.69) is 22.1 Å². The third-order valence-corrected chi connectivity index (χ3v) is 5.63. The van der Waals surface area contributed by atoms with Crippen molar-refractivity contribution in [3.63, 3.8) is 0 Å². The third-order valence-electron chi connectivity index (χ3n) is 4.35. The van der Waals surface area contributed by atoms with Gasteiger partial charge >= 0.3 is 0 Å². The van der Waals surface area contributed by atoms with Crippen LogP contribution in [0.2, 0.25) is 5.02 Å². The van der Waals surface area contributed by atoms with E-state index in [1.54, 1.807) is 18.2 Å². The third kappa shape index (κ3) is 5.49. The van der Waals surface area contributed by atoms with Gasteiger partial charge in [0.15, 0.2) is 11.0 Å². The number of hydrogen-bond donors (Lipinski definition) is 1. The summed E-state index contributed by atoms with van der Waals surface area (Å²) in [4.78, 5) is 12.1. The zero-order valence-corrected chi connectivity index (χ0v) is 16.6. The molecular weight excluding hydrogens is 384 g/mol. The van der Waals surface area contributed by atoms with Crippen molar-refractivity contribution in [2.24, 2.45) is 0 Å². The molecule has 0 aliphatic heterocycles. The maximum atomic E-state index is 12.1. The standard InChI is InChI=1S/C19H23ClN4O2S/c1-2-11-24-17(12-26-16-10-6-5-9-15(16)20)22-23-19(24)27-13-18(25)21-14-7-3-4-8-14/h2,5-6,9-10,14H,1,3-4,7-8,11-13H2,(H,21,25). The number of nitrogens with zero attached hydrogens (tertiary/aromatic N) is 3. The van der Waals surface area contributed by atoms with Gasteiger partial charge in [0.2, 0.25) is 5.91 Å². The van der Waals surface area contributed by atoms with Crippen molar-refractivity contribution in [1.29, 1.82) is 0 Å². The second kappa shape index (κ2) is 9.80. The Kier molecular flexibility index (Phi) is 7.18. The van der Waals surface area contributed by atoms with Crippen LogP contribution < -0.4 is 10.1 Å². The van der Waals surface area contributed by atoms with Crippen LogP contribution in [0.4, 0.5) is 0 Å². The van der Waals surface area contributed by atoms with Crippen LogP contribution in [-0.2, 0) is 17.9 Å². The number of para-hydroxylation sites is 1. The highest BCUT2D eigenvalue weighted by molar-refractivity contribution is 7.99. The largest absolute Gasteiger partial charge is 0.484 e. The quantitative estimate of drug-likeness (QED) is 0.506. The van der Waals surface area contributed by atoms with E-state index < -0.39 is 0 Å². The highest BCUT2D eigenvalue weighted by atomic mass is 35.5. The van der Waals surface area contributed by atoms with Gasteiger partial charge < -0.3 is 10.1 Å². The molecule has 144 valence electrons. The molecule has 0 unspecified atom stereocenters. The molecule has 0 atom stereocenters. The van der Waals surface area contributed by atoms with E-state index in [-0.39, 0.29) is 12.5 Å². The fourth-order valence-corrected chi connectivity index (χ4v) is 3.99. The molecule has 1 heterocycles. The molecule has 0 radical (unpaired) electrons. The first kappa shape index (κ1) is 19.8. The summed E-state index contributed by atoms with van der Waals surface area (Å²) in [5, 5.41) is 12.7. The first-order valence-electron chi connectivity index (χ1n) is 9.00. The lowest BCUT2D eigenvalue weighted by Gasteiger charge is -2.12. The minimum Gasteiger partial charge on any atom is -0.484 e. The second-order valence-corrected chi connectivity index (χ2v) is 7.70. The van der Waals surface area contributed by atoms with Crippen LogP contribution in [0.15, 0.2) is 42.1 Å². The van der Waals surface area contributed by atoms with Gasteiger partial charge in [-0.2, -0.15) is 0 Å². The molecule has 1 aromatic heterocycles. The predicted octanol–water partition coefficient (Wildman–Crippen LogP) is 3.85. The summed E-state index contributed by atoms with van der Waals surface area (Å²) in [5.74, 6) is 1.61. The molecule has 0 spiro atoms. The van der Waals surface area contributed by atoms with E-state index in [1.165, 1.54) is 24.6 Å². The molecule has 0 saturated heterocycles. The van der Waals surface area contributed by atoms with E-state index >= 15 is 0 Å². The van der Waals surface area contributed by atoms with Crippen molar-refractivity contribution in [1.82, 2.24) is 20.1 Å². The van der Waals surface area contributed by atoms with Crippen LogP contribution in [0.3, 0.4) is 0 Å². The summed E-state index contributed by atoms with van der Waals surface area (Å²) in [7, 11) is 0. The number of rotatable bonds is 9. The zero-order valence-electron chi connectivity index (χ0n) is 15.1. The molecule has 1 aliphatic carbocycles. The van der Waals surface area contributed by atoms with Crippen molar-refractivity contribution >= 4 is 29.3 Å². The first-order valence-corrected chi connectivity index (χ1v) is 10.4. The van der Waals surface area contributed by atoms with Gasteiger partial charge in [0.05, 0.1) is 10.8 Å². The van der Waals surface area contributed by atoms with E-state index in [9.17, 15) is 4.79 Å². The van der Waals surface area contributed by atoms with Gasteiger partial charge in [-0.15, -0.1) is 16.8 Å². The van der Waals surface area contributed by atoms with Crippen LogP contribution >= 0.6 is 23.4 Å². The zero-order chi connectivity index (χ0) is 19.1. The molecule has 1 fully saturated rings. The normalized spacial score (nSPS) is 14.3. The fourth-order valence-electron chi connectivity index (χ4n) is 3.02. The highest BCUT2D eigenvalue weighted by Crippen LogP contribution is 2.25. The lowest BCUT2D eigenvalue weighted by atomic mass is 10.2. The van der Waals surface area contributed by atoms with Crippen molar-refractivity contribution in [2.75, 3.05) is 5.75 Å². The summed E-state index contributed by atoms with van der Waals surface area (Å²) in [6.45, 7) is 4.56. The smallest absolute Gasteiger partial charge is 0.230 e. The fraction of sp³-hybridized carbons (Fsp3) is 0.421. The highest BCUT2D eigenvalue weighted by Gasteiger charge is 2.19. The van der Waals surface area contributed by atoms with E-state index in [1.807, 2.05) is 16.7 Å². The van der Waals surface area contributed by atoms with Gasteiger partial charge in [-0.05, 0) is 25.0 Å². The van der Waals surface area contributed by atoms with Crippen molar-refractivity contribution < 1.29 is 9.53 Å². The Hall–Kier alpha value is -1.99. The molecule has 8 heteroatoms. The second-order valence-electron chi connectivity index (χ2n) is 6.35. The molecule has 3 rings (SSSR count). The summed E-state index contributed by atoms with van der Waals surface area (Å²) in [5.41, 5.74) is 0. The van der Waals surface area contributed by atoms with Crippen LogP contribution in [0.25, 0.3) is 0 Å². The van der Waals surface area contributed by atoms with E-state index in [0.717, 1.165) is 12.8 Å². The molecule has 1 amide bonds. The molecule has 1 N–H and O–H groups in total. The number of carbonyl (C=O) groups is 1. The number of carbonyl (C=O) groups excluding carboxylic acids is 1. The first-order chi connectivity index (χ1) is 13.2. The summed E-state index contributed by atoms with van der Waals surface area (Å²) in [6, 6.07) is 7.61. The lowest BCUT2D eigenvalue weighted by Crippen LogP contribution is -2.33. The van der Waals surface area contributed by atoms with Gasteiger partial charge in [-0.3, -0.25) is 9.36 Å². The Morgan fingerprint density at radius 2 is 2.15 bits per heavy atom. The maximum absolute atomic E-state index is 12.1. The Morgan fingerprint density at radius 3 is 2.89 bits per heavy atom. The maximum Gasteiger partial charge on any atom is 0.230 e. The number of aromatic nitrogens is 3. The van der Waals surface area contributed by atoms with Crippen LogP contribution in [0.5, 0.6) is 5.75 Å². The van der Waals surface area contributed by atoms with Gasteiger partial charge in [0, 0.05) is 12.6 Å². The number of benzene rings is 1. The number of halogens is 1. The number of hydrogen-bond acceptors (Lipinski definition) is 5. The number of nitrogens with one attached hydrogen (secondary N) is 1. The van der Waals surface area contributed by atoms with Gasteiger partial charge in [-0.1, -0.05) is 54.4 Å². The topological polar surface area (TPSA) is 69.0 Å². The van der Waals surface area contributed by atoms with Gasteiger partial charge in [0.25, 0.3) is 0 Å². The number of thioether (sulfide) groups is 1. The van der Waals surface area contributed by atoms with Gasteiger partial charge in [-0.25, -0.2) is 0 Å². The summed E-state index contributed by atoms with van der Waals surface area (Å²) < 4.78 is 7.66. The van der Waals surface area contributed by atoms with Crippen LogP contribution in [-0.4, -0.2) is 32.5 Å². The average Bonchev–Trinajstić information content (AvgIpc) is 3.30. The SMILES string of the molecule is C=CCn1c(COc2ccccc2Cl)nnc1SCC(=O)NC1CCCC1. The minimum absolute atomic E-state index is 0.0360. The summed E-state index contributed by atoms with van der Waals surface area (Å²) >= 11 is 7.49. The summed E-state index contributed by atoms with van der Waals surface area (Å²) in [6.07, 6.45) is 6.31. The molecule has 2 aromatic rings. The molecular formula is C19H23ClN4O2S. The minimum atomic E-state index is 0.0360. The Labute approximate surface area is 168 Å². The molecule has 0 bridgehead atoms. The molecule has 1 aliphatic rings. The molecule has 1 saturated carbocycles. The van der Waals surface area contributed by atoms with Crippen LogP contribution in [0, 0.1) is 0 Å². The van der Waals surface area contributed by atoms with Crippen molar-refractivity contribution in [3.8, 4) is 5.75 Å². The lowest BCUT2D eigenvalue weighted by molar-refractivity contribution is -0.119. The van der Waals surface area contributed by atoms with Crippen molar-refractivity contribution in [3.05, 3.63) is 47.8 Å². The Bertz CT molecular complexity index is 790. The monoisotopic (exact) mass is 406 g/mol. The van der Waals surface area contributed by atoms with Gasteiger partial charge in [0.1, 0.15) is 12.4 Å². The van der Waals surface area contributed by atoms with E-state index in [0.29, 0.717) is 40.1 Å². The molecule has 27 heavy (non-hydrogen) atoms.